The summed E-state index contributed by atoms with van der Waals surface area (Å²) in [4.78, 5) is 9.31. The van der Waals surface area contributed by atoms with Gasteiger partial charge in [-0.05, 0) is 15.9 Å². The number of hydrogen-bond donors (Lipinski definition) is 1. The fourth-order valence-electron chi connectivity index (χ4n) is 1.20. The number of aromatic nitrogens is 2. The minimum absolute atomic E-state index is 0.151. The molecule has 0 amide bonds. The van der Waals surface area contributed by atoms with E-state index in [0.717, 1.165) is 0 Å². The highest BCUT2D eigenvalue weighted by Gasteiger charge is 2.27. The van der Waals surface area contributed by atoms with E-state index in [-0.39, 0.29) is 6.54 Å². The minimum Gasteiger partial charge on any atom is -0.372 e. The molecule has 0 unspecified atom stereocenters. The molecule has 0 aliphatic heterocycles. The molecular weight excluding hydrogens is 301 g/mol. The van der Waals surface area contributed by atoms with E-state index in [4.69, 9.17) is 0 Å². The number of anilines is 2. The maximum absolute atomic E-state index is 12.1. The van der Waals surface area contributed by atoms with Crippen LogP contribution in [0.2, 0.25) is 0 Å². The molecule has 0 bridgehead atoms. The third-order valence-electron chi connectivity index (χ3n) is 2.10. The highest BCUT2D eigenvalue weighted by Crippen LogP contribution is 2.29. The van der Waals surface area contributed by atoms with Crippen molar-refractivity contribution in [1.29, 1.82) is 0 Å². The maximum Gasteiger partial charge on any atom is 0.390 e. The second-order valence-corrected chi connectivity index (χ2v) is 4.19. The summed E-state index contributed by atoms with van der Waals surface area (Å²) < 4.78 is 36.8. The fourth-order valence-corrected chi connectivity index (χ4v) is 1.91. The first-order valence-corrected chi connectivity index (χ1v) is 5.60. The number of hydrogen-bond acceptors (Lipinski definition) is 4. The molecule has 1 aromatic heterocycles. The Hall–Kier alpha value is -1.05. The third-order valence-corrected chi connectivity index (χ3v) is 2.83. The summed E-state index contributed by atoms with van der Waals surface area (Å²) in [6, 6.07) is 0. The van der Waals surface area contributed by atoms with E-state index in [0.29, 0.717) is 16.1 Å². The van der Waals surface area contributed by atoms with Crippen molar-refractivity contribution in [3.05, 3.63) is 10.8 Å². The topological polar surface area (TPSA) is 41.1 Å². The van der Waals surface area contributed by atoms with Crippen molar-refractivity contribution in [3.63, 3.8) is 0 Å². The highest BCUT2D eigenvalue weighted by atomic mass is 79.9. The van der Waals surface area contributed by atoms with E-state index in [1.54, 1.807) is 14.1 Å². The zero-order valence-electron chi connectivity index (χ0n) is 9.35. The molecule has 0 spiro atoms. The predicted molar refractivity (Wildman–Crippen MR) is 63.2 cm³/mol. The van der Waals surface area contributed by atoms with Crippen LogP contribution in [-0.2, 0) is 0 Å². The van der Waals surface area contributed by atoms with Gasteiger partial charge in [0.15, 0.2) is 0 Å². The van der Waals surface area contributed by atoms with Gasteiger partial charge in [0.05, 0.1) is 6.42 Å². The predicted octanol–water partition coefficient (Wildman–Crippen LogP) is 2.67. The van der Waals surface area contributed by atoms with Crippen molar-refractivity contribution < 1.29 is 13.2 Å². The third kappa shape index (κ3) is 4.03. The largest absolute Gasteiger partial charge is 0.390 e. The Labute approximate surface area is 105 Å². The summed E-state index contributed by atoms with van der Waals surface area (Å²) in [7, 11) is 3.23. The Morgan fingerprint density at radius 2 is 2.06 bits per heavy atom. The van der Waals surface area contributed by atoms with Crippen molar-refractivity contribution in [2.24, 2.45) is 0 Å². The molecule has 1 heterocycles. The molecular formula is C9H12BrF3N4. The summed E-state index contributed by atoms with van der Waals surface area (Å²) in [6.07, 6.45) is -3.75. The lowest BCUT2D eigenvalue weighted by Gasteiger charge is -2.20. The van der Waals surface area contributed by atoms with Crippen LogP contribution in [0.4, 0.5) is 24.8 Å². The molecule has 0 aromatic carbocycles. The van der Waals surface area contributed by atoms with Crippen molar-refractivity contribution >= 4 is 27.6 Å². The van der Waals surface area contributed by atoms with Gasteiger partial charge < -0.3 is 10.2 Å². The second kappa shape index (κ2) is 5.52. The first-order valence-electron chi connectivity index (χ1n) is 4.81. The maximum atomic E-state index is 12.1. The van der Waals surface area contributed by atoms with E-state index < -0.39 is 12.6 Å². The van der Waals surface area contributed by atoms with Gasteiger partial charge >= 0.3 is 6.18 Å². The molecule has 0 aliphatic rings. The van der Waals surface area contributed by atoms with Gasteiger partial charge in [0.25, 0.3) is 0 Å². The van der Waals surface area contributed by atoms with Gasteiger partial charge in [-0.3, -0.25) is 0 Å². The molecule has 0 saturated carbocycles. The van der Waals surface area contributed by atoms with E-state index in [9.17, 15) is 13.2 Å². The van der Waals surface area contributed by atoms with Gasteiger partial charge in [0.1, 0.15) is 22.4 Å². The minimum atomic E-state index is -4.17. The van der Waals surface area contributed by atoms with Crippen LogP contribution in [0.25, 0.3) is 0 Å². The molecule has 17 heavy (non-hydrogen) atoms. The molecule has 4 nitrogen and oxygen atoms in total. The van der Waals surface area contributed by atoms with Crippen LogP contribution in [0, 0.1) is 0 Å². The molecule has 8 heteroatoms. The zero-order valence-corrected chi connectivity index (χ0v) is 10.9. The van der Waals surface area contributed by atoms with Crippen LogP contribution in [0.1, 0.15) is 6.42 Å². The lowest BCUT2D eigenvalue weighted by Crippen LogP contribution is -2.25. The van der Waals surface area contributed by atoms with Crippen molar-refractivity contribution in [3.8, 4) is 0 Å². The second-order valence-electron chi connectivity index (χ2n) is 3.40. The number of halogens is 4. The summed E-state index contributed by atoms with van der Waals surface area (Å²) in [5.41, 5.74) is 0. The first kappa shape index (κ1) is 14.0. The summed E-state index contributed by atoms with van der Waals surface area (Å²) in [6.45, 7) is -0.151. The summed E-state index contributed by atoms with van der Waals surface area (Å²) >= 11 is 3.25. The van der Waals surface area contributed by atoms with Crippen LogP contribution in [-0.4, -0.2) is 36.8 Å². The molecule has 0 atom stereocenters. The monoisotopic (exact) mass is 312 g/mol. The standard InChI is InChI=1S/C9H12BrF3N4/c1-14-7-6(10)8(16-5-15-7)17(2)4-3-9(11,12)13/h5H,3-4H2,1-2H3,(H,14,15,16). The molecule has 0 saturated heterocycles. The van der Waals surface area contributed by atoms with E-state index in [2.05, 4.69) is 31.2 Å². The van der Waals surface area contributed by atoms with Crippen molar-refractivity contribution in [1.82, 2.24) is 9.97 Å². The normalized spacial score (nSPS) is 11.4. The lowest BCUT2D eigenvalue weighted by atomic mass is 10.3. The average molecular weight is 313 g/mol. The van der Waals surface area contributed by atoms with Gasteiger partial charge in [-0.2, -0.15) is 13.2 Å². The van der Waals surface area contributed by atoms with Crippen LogP contribution >= 0.6 is 15.9 Å². The van der Waals surface area contributed by atoms with Gasteiger partial charge in [0, 0.05) is 20.6 Å². The Bertz CT molecular complexity index is 383. The van der Waals surface area contributed by atoms with Crippen LogP contribution in [0.15, 0.2) is 10.8 Å². The number of alkyl halides is 3. The Kier molecular flexibility index (Phi) is 4.55. The number of rotatable bonds is 4. The Balaban J connectivity index is 2.79. The van der Waals surface area contributed by atoms with E-state index in [1.165, 1.54) is 11.2 Å². The molecule has 0 aliphatic carbocycles. The molecule has 1 N–H and O–H groups in total. The molecule has 0 fully saturated rings. The molecule has 96 valence electrons. The Morgan fingerprint density at radius 3 is 2.59 bits per heavy atom. The van der Waals surface area contributed by atoms with Crippen LogP contribution in [0.5, 0.6) is 0 Å². The number of nitrogens with one attached hydrogen (secondary N) is 1. The zero-order chi connectivity index (χ0) is 13.1. The van der Waals surface area contributed by atoms with Crippen molar-refractivity contribution in [2.75, 3.05) is 30.9 Å². The van der Waals surface area contributed by atoms with Crippen LogP contribution < -0.4 is 10.2 Å². The first-order chi connectivity index (χ1) is 7.85. The fraction of sp³-hybridized carbons (Fsp3) is 0.556. The van der Waals surface area contributed by atoms with Crippen LogP contribution in [0.3, 0.4) is 0 Å². The quantitative estimate of drug-likeness (QED) is 0.928. The SMILES string of the molecule is CNc1ncnc(N(C)CCC(F)(F)F)c1Br. The summed E-state index contributed by atoms with van der Waals surface area (Å²) in [5, 5.41) is 2.82. The smallest absolute Gasteiger partial charge is 0.372 e. The molecule has 1 rings (SSSR count). The highest BCUT2D eigenvalue weighted by molar-refractivity contribution is 9.10. The average Bonchev–Trinajstić information content (AvgIpc) is 2.25. The van der Waals surface area contributed by atoms with E-state index >= 15 is 0 Å². The van der Waals surface area contributed by atoms with Gasteiger partial charge in [-0.15, -0.1) is 0 Å². The van der Waals surface area contributed by atoms with Gasteiger partial charge in [-0.1, -0.05) is 0 Å². The van der Waals surface area contributed by atoms with E-state index in [1.807, 2.05) is 0 Å². The number of nitrogens with zero attached hydrogens (tertiary/aromatic N) is 3. The summed E-state index contributed by atoms with van der Waals surface area (Å²) in [5.74, 6) is 0.961. The molecule has 1 aromatic rings. The Morgan fingerprint density at radius 1 is 1.41 bits per heavy atom. The molecule has 0 radical (unpaired) electrons. The van der Waals surface area contributed by atoms with Gasteiger partial charge in [0.2, 0.25) is 0 Å². The van der Waals surface area contributed by atoms with Crippen molar-refractivity contribution in [2.45, 2.75) is 12.6 Å². The van der Waals surface area contributed by atoms with Gasteiger partial charge in [-0.25, -0.2) is 9.97 Å². The lowest BCUT2D eigenvalue weighted by molar-refractivity contribution is -0.132.